The molecule has 2 amide bonds. The van der Waals surface area contributed by atoms with Crippen LogP contribution in [0.2, 0.25) is 0 Å². The molecule has 3 aromatic rings. The molecule has 2 heterocycles. The number of para-hydroxylation sites is 1. The lowest BCUT2D eigenvalue weighted by atomic mass is 10.2. The second-order valence-corrected chi connectivity index (χ2v) is 7.35. The largest absolute Gasteiger partial charge is 0.481 e. The van der Waals surface area contributed by atoms with E-state index in [1.165, 1.54) is 11.2 Å². The van der Waals surface area contributed by atoms with Gasteiger partial charge in [0.1, 0.15) is 29.4 Å². The van der Waals surface area contributed by atoms with Crippen LogP contribution in [0.4, 0.5) is 0 Å². The molecule has 0 spiro atoms. The van der Waals surface area contributed by atoms with E-state index >= 15 is 0 Å². The summed E-state index contributed by atoms with van der Waals surface area (Å²) in [5.74, 6) is 0.136. The fourth-order valence-electron chi connectivity index (χ4n) is 3.66. The van der Waals surface area contributed by atoms with Crippen molar-refractivity contribution in [3.63, 3.8) is 0 Å². The molecule has 1 aliphatic rings. The number of ether oxygens (including phenoxy) is 2. The summed E-state index contributed by atoms with van der Waals surface area (Å²) in [6.45, 7) is 2.08. The number of carbonyl (C=O) groups is 2. The van der Waals surface area contributed by atoms with Crippen LogP contribution in [0.1, 0.15) is 19.8 Å². The molecule has 0 aliphatic carbocycles. The molecule has 0 unspecified atom stereocenters. The molecule has 160 valence electrons. The third kappa shape index (κ3) is 4.23. The monoisotopic (exact) mass is 422 g/mol. The molecule has 2 N–H and O–H groups in total. The summed E-state index contributed by atoms with van der Waals surface area (Å²) in [5.41, 5.74) is 5.38. The van der Waals surface area contributed by atoms with Gasteiger partial charge in [-0.1, -0.05) is 18.2 Å². The number of rotatable bonds is 6. The average Bonchev–Trinajstić information content (AvgIpc) is 3.26. The Balaban J connectivity index is 1.51. The molecule has 8 heteroatoms. The Labute approximate surface area is 178 Å². The number of hydrogen-bond acceptors (Lipinski definition) is 6. The summed E-state index contributed by atoms with van der Waals surface area (Å²) < 4.78 is 16.9. The van der Waals surface area contributed by atoms with E-state index in [0.717, 1.165) is 6.42 Å². The van der Waals surface area contributed by atoms with Crippen LogP contribution in [0.3, 0.4) is 0 Å². The molecule has 1 aliphatic heterocycles. The van der Waals surface area contributed by atoms with E-state index in [4.69, 9.17) is 19.6 Å². The summed E-state index contributed by atoms with van der Waals surface area (Å²) in [4.78, 5) is 38.4. The fourth-order valence-corrected chi connectivity index (χ4v) is 3.66. The molecule has 8 nitrogen and oxygen atoms in total. The summed E-state index contributed by atoms with van der Waals surface area (Å²) in [7, 11) is 0. The van der Waals surface area contributed by atoms with E-state index in [2.05, 4.69) is 0 Å². The smallest absolute Gasteiger partial charge is 0.264 e. The molecule has 2 atom stereocenters. The van der Waals surface area contributed by atoms with Crippen LogP contribution in [0, 0.1) is 0 Å². The SMILES string of the molecule is C[C@H](Oc1ccc2c(=O)c(Oc3ccccc3)coc2c1)C(=O)N1CCC[C@H]1C(N)=O. The zero-order valence-electron chi connectivity index (χ0n) is 16.9. The van der Waals surface area contributed by atoms with Gasteiger partial charge in [-0.15, -0.1) is 0 Å². The van der Waals surface area contributed by atoms with Crippen molar-refractivity contribution in [1.82, 2.24) is 4.90 Å². The Bertz CT molecular complexity index is 1170. The van der Waals surface area contributed by atoms with E-state index in [1.54, 1.807) is 49.4 Å². The molecule has 0 bridgehead atoms. The second-order valence-electron chi connectivity index (χ2n) is 7.35. The van der Waals surface area contributed by atoms with Crippen molar-refractivity contribution in [1.29, 1.82) is 0 Å². The van der Waals surface area contributed by atoms with Gasteiger partial charge in [-0.25, -0.2) is 0 Å². The minimum Gasteiger partial charge on any atom is -0.481 e. The van der Waals surface area contributed by atoms with Crippen molar-refractivity contribution in [3.8, 4) is 17.2 Å². The zero-order valence-corrected chi connectivity index (χ0v) is 16.9. The lowest BCUT2D eigenvalue weighted by molar-refractivity contribution is -0.142. The second kappa shape index (κ2) is 8.51. The minimum absolute atomic E-state index is 0.0717. The predicted octanol–water partition coefficient (Wildman–Crippen LogP) is 2.83. The van der Waals surface area contributed by atoms with E-state index < -0.39 is 18.1 Å². The van der Waals surface area contributed by atoms with Crippen LogP contribution >= 0.6 is 0 Å². The standard InChI is InChI=1S/C23H22N2O6/c1-14(23(28)25-11-5-8-18(25)22(24)27)30-16-9-10-17-19(12-16)29-13-20(21(17)26)31-15-6-3-2-4-7-15/h2-4,6-7,9-10,12-14,18H,5,8,11H2,1H3,(H2,24,27)/t14-,18-/m0/s1. The van der Waals surface area contributed by atoms with Crippen LogP contribution < -0.4 is 20.6 Å². The van der Waals surface area contributed by atoms with Gasteiger partial charge in [-0.2, -0.15) is 0 Å². The number of fused-ring (bicyclic) bond motifs is 1. The Morgan fingerprint density at radius 3 is 2.68 bits per heavy atom. The molecular weight excluding hydrogens is 400 g/mol. The lowest BCUT2D eigenvalue weighted by Crippen LogP contribution is -2.48. The molecule has 1 fully saturated rings. The number of carbonyl (C=O) groups excluding carboxylic acids is 2. The fraction of sp³-hybridized carbons (Fsp3) is 0.261. The number of nitrogens with zero attached hydrogens (tertiary/aromatic N) is 1. The maximum absolute atomic E-state index is 12.7. The van der Waals surface area contributed by atoms with Gasteiger partial charge in [-0.3, -0.25) is 14.4 Å². The molecule has 31 heavy (non-hydrogen) atoms. The van der Waals surface area contributed by atoms with Crippen LogP contribution in [-0.4, -0.2) is 35.4 Å². The van der Waals surface area contributed by atoms with E-state index in [1.807, 2.05) is 6.07 Å². The highest BCUT2D eigenvalue weighted by Crippen LogP contribution is 2.25. The number of likely N-dealkylation sites (tertiary alicyclic amines) is 1. The van der Waals surface area contributed by atoms with Crippen molar-refractivity contribution in [2.24, 2.45) is 5.73 Å². The summed E-state index contributed by atoms with van der Waals surface area (Å²) in [5, 5.41) is 0.327. The number of amides is 2. The lowest BCUT2D eigenvalue weighted by Gasteiger charge is -2.25. The molecule has 0 radical (unpaired) electrons. The highest BCUT2D eigenvalue weighted by molar-refractivity contribution is 5.89. The van der Waals surface area contributed by atoms with E-state index in [-0.39, 0.29) is 17.1 Å². The molecule has 0 saturated carbocycles. The maximum atomic E-state index is 12.7. The average molecular weight is 422 g/mol. The van der Waals surface area contributed by atoms with Gasteiger partial charge in [-0.05, 0) is 44.0 Å². The first-order valence-corrected chi connectivity index (χ1v) is 9.99. The first-order chi connectivity index (χ1) is 14.9. The Kier molecular flexibility index (Phi) is 5.62. The Morgan fingerprint density at radius 1 is 1.16 bits per heavy atom. The third-order valence-corrected chi connectivity index (χ3v) is 5.21. The summed E-state index contributed by atoms with van der Waals surface area (Å²) >= 11 is 0. The maximum Gasteiger partial charge on any atom is 0.264 e. The molecule has 1 aromatic heterocycles. The van der Waals surface area contributed by atoms with Gasteiger partial charge in [0.2, 0.25) is 17.1 Å². The van der Waals surface area contributed by atoms with Crippen molar-refractivity contribution < 1.29 is 23.5 Å². The third-order valence-electron chi connectivity index (χ3n) is 5.21. The van der Waals surface area contributed by atoms with Crippen molar-refractivity contribution >= 4 is 22.8 Å². The van der Waals surface area contributed by atoms with E-state index in [9.17, 15) is 14.4 Å². The van der Waals surface area contributed by atoms with Gasteiger partial charge in [0.05, 0.1) is 5.39 Å². The highest BCUT2D eigenvalue weighted by atomic mass is 16.5. The molecule has 4 rings (SSSR count). The van der Waals surface area contributed by atoms with Gasteiger partial charge in [0.25, 0.3) is 5.91 Å². The van der Waals surface area contributed by atoms with Gasteiger partial charge in [0.15, 0.2) is 6.10 Å². The molecular formula is C23H22N2O6. The highest BCUT2D eigenvalue weighted by Gasteiger charge is 2.35. The molecule has 1 saturated heterocycles. The van der Waals surface area contributed by atoms with Crippen LogP contribution in [0.5, 0.6) is 17.2 Å². The topological polar surface area (TPSA) is 112 Å². The first-order valence-electron chi connectivity index (χ1n) is 9.99. The quantitative estimate of drug-likeness (QED) is 0.654. The van der Waals surface area contributed by atoms with Crippen molar-refractivity contribution in [3.05, 3.63) is 65.0 Å². The van der Waals surface area contributed by atoms with Gasteiger partial charge in [0, 0.05) is 12.6 Å². The summed E-state index contributed by atoms with van der Waals surface area (Å²) in [6.07, 6.45) is 1.70. The Hall–Kier alpha value is -3.81. The number of nitrogens with two attached hydrogens (primary N) is 1. The van der Waals surface area contributed by atoms with Crippen molar-refractivity contribution in [2.75, 3.05) is 6.54 Å². The number of benzene rings is 2. The van der Waals surface area contributed by atoms with Gasteiger partial charge >= 0.3 is 0 Å². The van der Waals surface area contributed by atoms with Crippen LogP contribution in [0.25, 0.3) is 11.0 Å². The van der Waals surface area contributed by atoms with E-state index in [0.29, 0.717) is 35.4 Å². The normalized spacial score (nSPS) is 16.8. The summed E-state index contributed by atoms with van der Waals surface area (Å²) in [6, 6.07) is 13.0. The number of primary amides is 1. The minimum atomic E-state index is -0.829. The predicted molar refractivity (Wildman–Crippen MR) is 113 cm³/mol. The first kappa shape index (κ1) is 20.5. The van der Waals surface area contributed by atoms with Gasteiger partial charge < -0.3 is 24.5 Å². The number of hydrogen-bond donors (Lipinski definition) is 1. The van der Waals surface area contributed by atoms with Crippen LogP contribution in [0.15, 0.2) is 64.0 Å². The zero-order chi connectivity index (χ0) is 22.0. The van der Waals surface area contributed by atoms with Crippen molar-refractivity contribution in [2.45, 2.75) is 31.9 Å². The Morgan fingerprint density at radius 2 is 1.94 bits per heavy atom. The van der Waals surface area contributed by atoms with Crippen LogP contribution in [-0.2, 0) is 9.59 Å². The molecule has 2 aromatic carbocycles.